The Kier molecular flexibility index (Phi) is 12.2. The van der Waals surface area contributed by atoms with E-state index in [1.807, 2.05) is 0 Å². The minimum Gasteiger partial charge on any atom is -0.464 e. The van der Waals surface area contributed by atoms with Crippen LogP contribution in [0.1, 0.15) is 91.4 Å². The summed E-state index contributed by atoms with van der Waals surface area (Å²) in [5.74, 6) is 0.248. The Hall–Kier alpha value is -1.26. The van der Waals surface area contributed by atoms with Crippen LogP contribution in [0, 0.1) is 11.8 Å². The van der Waals surface area contributed by atoms with Crippen LogP contribution in [0.2, 0.25) is 0 Å². The fourth-order valence-electron chi connectivity index (χ4n) is 3.50. The van der Waals surface area contributed by atoms with E-state index in [1.165, 1.54) is 6.42 Å². The summed E-state index contributed by atoms with van der Waals surface area (Å²) in [6.07, 6.45) is 11.1. The van der Waals surface area contributed by atoms with E-state index < -0.39 is 12.1 Å². The summed E-state index contributed by atoms with van der Waals surface area (Å²) >= 11 is 0. The fraction of sp³-hybridized carbons (Fsp3) is 0.905. The van der Waals surface area contributed by atoms with Crippen molar-refractivity contribution in [3.05, 3.63) is 0 Å². The lowest BCUT2D eigenvalue weighted by Crippen LogP contribution is -2.48. The summed E-state index contributed by atoms with van der Waals surface area (Å²) < 4.78 is 10.8. The number of alkyl carbamates (subject to hydrolysis) is 1. The van der Waals surface area contributed by atoms with Crippen molar-refractivity contribution in [1.82, 2.24) is 5.32 Å². The van der Waals surface area contributed by atoms with Crippen molar-refractivity contribution in [3.8, 4) is 0 Å². The zero-order valence-electron chi connectivity index (χ0n) is 17.1. The predicted octanol–water partition coefficient (Wildman–Crippen LogP) is 5.22. The topological polar surface area (TPSA) is 64.6 Å². The molecule has 2 unspecified atom stereocenters. The Morgan fingerprint density at radius 1 is 1.00 bits per heavy atom. The first-order valence-corrected chi connectivity index (χ1v) is 10.7. The molecular weight excluding hydrogens is 330 g/mol. The summed E-state index contributed by atoms with van der Waals surface area (Å²) in [5.41, 5.74) is 0. The van der Waals surface area contributed by atoms with E-state index in [4.69, 9.17) is 9.47 Å². The molecule has 5 heteroatoms. The molecule has 0 spiro atoms. The average molecular weight is 370 g/mol. The van der Waals surface area contributed by atoms with Crippen molar-refractivity contribution in [2.24, 2.45) is 11.8 Å². The van der Waals surface area contributed by atoms with Crippen LogP contribution in [0.15, 0.2) is 0 Å². The Morgan fingerprint density at radius 2 is 1.69 bits per heavy atom. The largest absolute Gasteiger partial charge is 0.464 e. The third kappa shape index (κ3) is 8.91. The number of nitrogens with one attached hydrogen (secondary N) is 1. The monoisotopic (exact) mass is 369 g/mol. The quantitative estimate of drug-likeness (QED) is 0.378. The van der Waals surface area contributed by atoms with E-state index in [9.17, 15) is 9.59 Å². The molecule has 0 aromatic rings. The molecule has 1 aliphatic rings. The second-order valence-corrected chi connectivity index (χ2v) is 7.56. The van der Waals surface area contributed by atoms with Gasteiger partial charge in [-0.05, 0) is 37.5 Å². The molecule has 1 N–H and O–H groups in total. The molecule has 1 rings (SSSR count). The van der Waals surface area contributed by atoms with Gasteiger partial charge in [0.1, 0.15) is 6.04 Å². The SMILES string of the molecule is CCCCOC(=O)C(NC(=O)OCC(CC)CCCC)C1CCCCC1. The average Bonchev–Trinajstić information content (AvgIpc) is 2.67. The summed E-state index contributed by atoms with van der Waals surface area (Å²) in [4.78, 5) is 24.8. The molecule has 0 aliphatic heterocycles. The highest BCUT2D eigenvalue weighted by Gasteiger charge is 2.32. The minimum atomic E-state index is -0.574. The third-order valence-corrected chi connectivity index (χ3v) is 5.38. The van der Waals surface area contributed by atoms with E-state index in [-0.39, 0.29) is 11.9 Å². The lowest BCUT2D eigenvalue weighted by molar-refractivity contribution is -0.148. The number of amides is 1. The number of carbonyl (C=O) groups is 2. The maximum Gasteiger partial charge on any atom is 0.407 e. The van der Waals surface area contributed by atoms with Crippen molar-refractivity contribution in [3.63, 3.8) is 0 Å². The first-order valence-electron chi connectivity index (χ1n) is 10.7. The highest BCUT2D eigenvalue weighted by molar-refractivity contribution is 5.81. The fourth-order valence-corrected chi connectivity index (χ4v) is 3.50. The zero-order chi connectivity index (χ0) is 19.2. The molecule has 0 saturated heterocycles. The van der Waals surface area contributed by atoms with Gasteiger partial charge in [0, 0.05) is 0 Å². The summed E-state index contributed by atoms with van der Waals surface area (Å²) in [6, 6.07) is -0.574. The number of ether oxygens (including phenoxy) is 2. The number of hydrogen-bond acceptors (Lipinski definition) is 4. The van der Waals surface area contributed by atoms with Crippen molar-refractivity contribution in [1.29, 1.82) is 0 Å². The Morgan fingerprint density at radius 3 is 2.31 bits per heavy atom. The normalized spacial score (nSPS) is 17.3. The second kappa shape index (κ2) is 13.9. The number of unbranched alkanes of at least 4 members (excludes halogenated alkanes) is 2. The summed E-state index contributed by atoms with van der Waals surface area (Å²) in [5, 5.41) is 2.81. The third-order valence-electron chi connectivity index (χ3n) is 5.38. The Balaban J connectivity index is 2.54. The van der Waals surface area contributed by atoms with Gasteiger partial charge in [-0.3, -0.25) is 0 Å². The predicted molar refractivity (Wildman–Crippen MR) is 104 cm³/mol. The van der Waals surface area contributed by atoms with Gasteiger partial charge in [0.25, 0.3) is 0 Å². The standard InChI is InChI=1S/C21H39NO4/c1-4-7-12-17(6-3)16-26-21(24)22-19(18-13-10-9-11-14-18)20(23)25-15-8-5-2/h17-19H,4-16H2,1-3H3,(H,22,24). The van der Waals surface area contributed by atoms with Gasteiger partial charge < -0.3 is 14.8 Å². The molecular formula is C21H39NO4. The lowest BCUT2D eigenvalue weighted by Gasteiger charge is -2.29. The lowest BCUT2D eigenvalue weighted by atomic mass is 9.84. The van der Waals surface area contributed by atoms with Crippen LogP contribution >= 0.6 is 0 Å². The molecule has 152 valence electrons. The molecule has 0 bridgehead atoms. The number of esters is 1. The molecule has 1 fully saturated rings. The van der Waals surface area contributed by atoms with Gasteiger partial charge in [-0.15, -0.1) is 0 Å². The van der Waals surface area contributed by atoms with Gasteiger partial charge in [0.2, 0.25) is 0 Å². The molecule has 2 atom stereocenters. The van der Waals surface area contributed by atoms with Gasteiger partial charge in [-0.2, -0.15) is 0 Å². The Labute approximate surface area is 159 Å². The van der Waals surface area contributed by atoms with Crippen molar-refractivity contribution < 1.29 is 19.1 Å². The van der Waals surface area contributed by atoms with Gasteiger partial charge in [-0.1, -0.05) is 65.7 Å². The summed E-state index contributed by atoms with van der Waals surface area (Å²) in [7, 11) is 0. The van der Waals surface area contributed by atoms with Gasteiger partial charge in [0.15, 0.2) is 0 Å². The van der Waals surface area contributed by atoms with E-state index >= 15 is 0 Å². The number of carbonyl (C=O) groups excluding carboxylic acids is 2. The first kappa shape index (κ1) is 22.8. The van der Waals surface area contributed by atoms with Crippen LogP contribution in [-0.4, -0.2) is 31.3 Å². The van der Waals surface area contributed by atoms with E-state index in [2.05, 4.69) is 26.1 Å². The molecule has 1 amide bonds. The van der Waals surface area contributed by atoms with Crippen LogP contribution in [0.3, 0.4) is 0 Å². The van der Waals surface area contributed by atoms with E-state index in [0.29, 0.717) is 19.1 Å². The molecule has 0 aromatic heterocycles. The molecule has 26 heavy (non-hydrogen) atoms. The maximum atomic E-state index is 12.5. The van der Waals surface area contributed by atoms with Crippen molar-refractivity contribution >= 4 is 12.1 Å². The number of hydrogen-bond donors (Lipinski definition) is 1. The van der Waals surface area contributed by atoms with Crippen molar-refractivity contribution in [2.45, 2.75) is 97.4 Å². The molecule has 0 radical (unpaired) electrons. The minimum absolute atomic E-state index is 0.160. The molecule has 0 aromatic carbocycles. The molecule has 1 aliphatic carbocycles. The zero-order valence-corrected chi connectivity index (χ0v) is 17.1. The Bertz CT molecular complexity index is 393. The smallest absolute Gasteiger partial charge is 0.407 e. The van der Waals surface area contributed by atoms with Crippen LogP contribution in [0.5, 0.6) is 0 Å². The van der Waals surface area contributed by atoms with E-state index in [1.54, 1.807) is 0 Å². The molecule has 5 nitrogen and oxygen atoms in total. The summed E-state index contributed by atoms with van der Waals surface area (Å²) in [6.45, 7) is 7.19. The molecule has 1 saturated carbocycles. The number of rotatable bonds is 12. The van der Waals surface area contributed by atoms with Crippen LogP contribution in [0.4, 0.5) is 4.79 Å². The van der Waals surface area contributed by atoms with Crippen LogP contribution in [0.25, 0.3) is 0 Å². The second-order valence-electron chi connectivity index (χ2n) is 7.56. The highest BCUT2D eigenvalue weighted by Crippen LogP contribution is 2.27. The van der Waals surface area contributed by atoms with Crippen LogP contribution in [-0.2, 0) is 14.3 Å². The highest BCUT2D eigenvalue weighted by atomic mass is 16.6. The van der Waals surface area contributed by atoms with E-state index in [0.717, 1.165) is 64.2 Å². The van der Waals surface area contributed by atoms with Gasteiger partial charge in [0.05, 0.1) is 13.2 Å². The maximum absolute atomic E-state index is 12.5. The molecule has 0 heterocycles. The van der Waals surface area contributed by atoms with Crippen LogP contribution < -0.4 is 5.32 Å². The first-order chi connectivity index (χ1) is 12.6. The van der Waals surface area contributed by atoms with Gasteiger partial charge >= 0.3 is 12.1 Å². The van der Waals surface area contributed by atoms with Gasteiger partial charge in [-0.25, -0.2) is 9.59 Å². The van der Waals surface area contributed by atoms with Crippen molar-refractivity contribution in [2.75, 3.05) is 13.2 Å².